The van der Waals surface area contributed by atoms with E-state index >= 15 is 0 Å². The summed E-state index contributed by atoms with van der Waals surface area (Å²) in [5.74, 6) is -1.18. The molecule has 2 fully saturated rings. The van der Waals surface area contributed by atoms with Crippen molar-refractivity contribution in [1.82, 2.24) is 10.6 Å². The zero-order valence-electron chi connectivity index (χ0n) is 12.7. The van der Waals surface area contributed by atoms with Crippen molar-refractivity contribution in [2.75, 3.05) is 32.9 Å². The Hall–Kier alpha value is -1.73. The first-order valence-corrected chi connectivity index (χ1v) is 7.65. The first-order valence-electron chi connectivity index (χ1n) is 7.65. The van der Waals surface area contributed by atoms with Crippen LogP contribution in [0.1, 0.15) is 18.4 Å². The van der Waals surface area contributed by atoms with Crippen LogP contribution in [0, 0.1) is 17.0 Å². The number of urea groups is 1. The number of carbonyl (C=O) groups excluding carboxylic acids is 1. The molecule has 1 aliphatic heterocycles. The lowest BCUT2D eigenvalue weighted by molar-refractivity contribution is -0.132. The fraction of sp³-hybridized carbons (Fsp3) is 0.562. The fourth-order valence-corrected chi connectivity index (χ4v) is 2.83. The number of halogens is 2. The smallest absolute Gasteiger partial charge is 0.314 e. The summed E-state index contributed by atoms with van der Waals surface area (Å²) in [4.78, 5) is 11.9. The fourth-order valence-electron chi connectivity index (χ4n) is 2.83. The van der Waals surface area contributed by atoms with Crippen molar-refractivity contribution >= 4 is 6.03 Å². The van der Waals surface area contributed by atoms with Gasteiger partial charge in [0.1, 0.15) is 11.6 Å². The predicted molar refractivity (Wildman–Crippen MR) is 79.0 cm³/mol. The Bertz CT molecular complexity index is 595. The second-order valence-corrected chi connectivity index (χ2v) is 6.59. The van der Waals surface area contributed by atoms with Crippen LogP contribution in [-0.4, -0.2) is 44.0 Å². The van der Waals surface area contributed by atoms with Crippen LogP contribution in [0.15, 0.2) is 18.2 Å². The van der Waals surface area contributed by atoms with Crippen molar-refractivity contribution in [3.63, 3.8) is 0 Å². The average Bonchev–Trinajstić information content (AvgIpc) is 3.25. The minimum atomic E-state index is -0.607. The number of ether oxygens (including phenoxy) is 1. The molecule has 0 aromatic heterocycles. The Morgan fingerprint density at radius 1 is 1.22 bits per heavy atom. The van der Waals surface area contributed by atoms with Gasteiger partial charge < -0.3 is 20.5 Å². The minimum Gasteiger partial charge on any atom is -0.396 e. The highest BCUT2D eigenvalue weighted by Crippen LogP contribution is 2.48. The van der Waals surface area contributed by atoms with Gasteiger partial charge in [0, 0.05) is 24.6 Å². The lowest BCUT2D eigenvalue weighted by Gasteiger charge is -2.39. The van der Waals surface area contributed by atoms with Crippen molar-refractivity contribution in [3.8, 4) is 0 Å². The van der Waals surface area contributed by atoms with E-state index in [1.54, 1.807) is 0 Å². The number of hydrogen-bond acceptors (Lipinski definition) is 3. The molecule has 2 amide bonds. The number of rotatable bonds is 6. The van der Waals surface area contributed by atoms with Crippen LogP contribution in [0.25, 0.3) is 0 Å². The summed E-state index contributed by atoms with van der Waals surface area (Å²) in [7, 11) is 0. The Balaban J connectivity index is 1.52. The first-order chi connectivity index (χ1) is 11.0. The summed E-state index contributed by atoms with van der Waals surface area (Å²) in [5, 5.41) is 14.7. The zero-order valence-corrected chi connectivity index (χ0v) is 12.7. The number of aliphatic hydroxyl groups is 1. The van der Waals surface area contributed by atoms with Gasteiger partial charge >= 0.3 is 6.03 Å². The molecule has 1 aromatic rings. The molecule has 0 unspecified atom stereocenters. The SMILES string of the molecule is O=C(NCC1(CO)COC1)NCC1(c2ccc(F)cc2F)CC1. The van der Waals surface area contributed by atoms with Gasteiger partial charge in [0.05, 0.1) is 25.2 Å². The van der Waals surface area contributed by atoms with Crippen molar-refractivity contribution in [1.29, 1.82) is 0 Å². The lowest BCUT2D eigenvalue weighted by Crippen LogP contribution is -2.54. The Kier molecular flexibility index (Phi) is 4.25. The van der Waals surface area contributed by atoms with Crippen LogP contribution in [-0.2, 0) is 10.2 Å². The van der Waals surface area contributed by atoms with Crippen molar-refractivity contribution in [3.05, 3.63) is 35.4 Å². The molecule has 0 spiro atoms. The summed E-state index contributed by atoms with van der Waals surface area (Å²) in [6, 6.07) is 3.19. The monoisotopic (exact) mass is 326 g/mol. The number of aliphatic hydroxyl groups excluding tert-OH is 1. The number of carbonyl (C=O) groups is 1. The summed E-state index contributed by atoms with van der Waals surface area (Å²) in [5.41, 5.74) is -0.389. The van der Waals surface area contributed by atoms with Crippen LogP contribution < -0.4 is 10.6 Å². The van der Waals surface area contributed by atoms with E-state index in [0.29, 0.717) is 31.9 Å². The molecule has 0 atom stereocenters. The maximum Gasteiger partial charge on any atom is 0.314 e. The molecule has 1 aliphatic carbocycles. The highest BCUT2D eigenvalue weighted by atomic mass is 19.1. The molecule has 1 heterocycles. The third-order valence-corrected chi connectivity index (χ3v) is 4.72. The van der Waals surface area contributed by atoms with Crippen LogP contribution in [0.2, 0.25) is 0 Å². The average molecular weight is 326 g/mol. The molecular formula is C16H20F2N2O3. The van der Waals surface area contributed by atoms with Gasteiger partial charge in [-0.25, -0.2) is 13.6 Å². The molecule has 2 aliphatic rings. The Morgan fingerprint density at radius 2 is 1.91 bits per heavy atom. The van der Waals surface area contributed by atoms with E-state index in [4.69, 9.17) is 4.74 Å². The number of amides is 2. The highest BCUT2D eigenvalue weighted by molar-refractivity contribution is 5.74. The van der Waals surface area contributed by atoms with Gasteiger partial charge in [-0.15, -0.1) is 0 Å². The van der Waals surface area contributed by atoms with Gasteiger partial charge in [0.15, 0.2) is 0 Å². The maximum absolute atomic E-state index is 13.9. The van der Waals surface area contributed by atoms with Crippen LogP contribution >= 0.6 is 0 Å². The molecule has 1 aromatic carbocycles. The van der Waals surface area contributed by atoms with Gasteiger partial charge in [-0.3, -0.25) is 0 Å². The molecule has 0 radical (unpaired) electrons. The van der Waals surface area contributed by atoms with Crippen molar-refractivity contribution in [2.45, 2.75) is 18.3 Å². The van der Waals surface area contributed by atoms with Gasteiger partial charge in [0.25, 0.3) is 0 Å². The standard InChI is InChI=1S/C16H20F2N2O3/c17-11-1-2-12(13(18)5-11)16(3-4-16)7-20-14(22)19-6-15(8-21)9-23-10-15/h1-2,5,21H,3-4,6-10H2,(H2,19,20,22). The quantitative estimate of drug-likeness (QED) is 0.738. The third-order valence-electron chi connectivity index (χ3n) is 4.72. The van der Waals surface area contributed by atoms with Crippen LogP contribution in [0.3, 0.4) is 0 Å². The summed E-state index contributed by atoms with van der Waals surface area (Å²) in [6.45, 7) is 1.43. The molecule has 23 heavy (non-hydrogen) atoms. The van der Waals surface area contributed by atoms with E-state index < -0.39 is 22.5 Å². The molecule has 1 saturated heterocycles. The van der Waals surface area contributed by atoms with E-state index in [1.165, 1.54) is 12.1 Å². The second kappa shape index (κ2) is 6.05. The summed E-state index contributed by atoms with van der Waals surface area (Å²) >= 11 is 0. The van der Waals surface area contributed by atoms with Crippen LogP contribution in [0.4, 0.5) is 13.6 Å². The molecule has 0 bridgehead atoms. The van der Waals surface area contributed by atoms with E-state index in [-0.39, 0.29) is 12.6 Å². The molecular weight excluding hydrogens is 306 g/mol. The number of nitrogens with one attached hydrogen (secondary N) is 2. The summed E-state index contributed by atoms with van der Waals surface area (Å²) < 4.78 is 32.0. The Labute approximate surface area is 133 Å². The zero-order chi connectivity index (χ0) is 16.5. The predicted octanol–water partition coefficient (Wildman–Crippen LogP) is 1.30. The molecule has 126 valence electrons. The maximum atomic E-state index is 13.9. The largest absolute Gasteiger partial charge is 0.396 e. The van der Waals surface area contributed by atoms with Crippen molar-refractivity contribution < 1.29 is 23.4 Å². The lowest BCUT2D eigenvalue weighted by atomic mass is 9.87. The number of hydrogen-bond donors (Lipinski definition) is 3. The van der Waals surface area contributed by atoms with Crippen LogP contribution in [0.5, 0.6) is 0 Å². The molecule has 3 rings (SSSR count). The second-order valence-electron chi connectivity index (χ2n) is 6.59. The van der Waals surface area contributed by atoms with Gasteiger partial charge in [0.2, 0.25) is 0 Å². The Morgan fingerprint density at radius 3 is 2.43 bits per heavy atom. The number of benzene rings is 1. The topological polar surface area (TPSA) is 70.6 Å². The van der Waals surface area contributed by atoms with E-state index in [1.807, 2.05) is 0 Å². The van der Waals surface area contributed by atoms with Crippen molar-refractivity contribution in [2.24, 2.45) is 5.41 Å². The van der Waals surface area contributed by atoms with E-state index in [2.05, 4.69) is 10.6 Å². The first kappa shape index (κ1) is 16.1. The van der Waals surface area contributed by atoms with E-state index in [0.717, 1.165) is 18.9 Å². The summed E-state index contributed by atoms with van der Waals surface area (Å²) in [6.07, 6.45) is 1.51. The normalized spacial score (nSPS) is 20.5. The third kappa shape index (κ3) is 3.30. The minimum absolute atomic E-state index is 0.0436. The van der Waals surface area contributed by atoms with E-state index in [9.17, 15) is 18.7 Å². The van der Waals surface area contributed by atoms with Gasteiger partial charge in [-0.1, -0.05) is 6.07 Å². The van der Waals surface area contributed by atoms with Gasteiger partial charge in [-0.2, -0.15) is 0 Å². The highest BCUT2D eigenvalue weighted by Gasteiger charge is 2.46. The van der Waals surface area contributed by atoms with Gasteiger partial charge in [-0.05, 0) is 24.5 Å². The molecule has 3 N–H and O–H groups in total. The molecule has 1 saturated carbocycles. The molecule has 5 nitrogen and oxygen atoms in total. The molecule has 7 heteroatoms.